The average molecular weight is 258 g/mol. The second-order valence-electron chi connectivity index (χ2n) is 5.66. The number of rotatable bonds is 3. The van der Waals surface area contributed by atoms with Gasteiger partial charge in [-0.3, -0.25) is 0 Å². The van der Waals surface area contributed by atoms with Gasteiger partial charge in [-0.15, -0.1) is 6.58 Å². The summed E-state index contributed by atoms with van der Waals surface area (Å²) in [6.07, 6.45) is -0.410. The molecule has 0 spiro atoms. The van der Waals surface area contributed by atoms with Gasteiger partial charge in [0.05, 0.1) is 6.61 Å². The molecule has 2 aliphatic heterocycles. The van der Waals surface area contributed by atoms with E-state index in [1.165, 1.54) is 0 Å². The number of ether oxygens (including phenoxy) is 4. The summed E-state index contributed by atoms with van der Waals surface area (Å²) in [5.41, 5.74) is 0. The zero-order valence-corrected chi connectivity index (χ0v) is 11.4. The molecule has 2 rings (SSSR count). The lowest BCUT2D eigenvalue weighted by Crippen LogP contribution is -2.44. The Labute approximate surface area is 108 Å². The van der Waals surface area contributed by atoms with Crippen LogP contribution in [0.15, 0.2) is 12.7 Å². The molecule has 2 heterocycles. The van der Waals surface area contributed by atoms with Crippen molar-refractivity contribution in [3.8, 4) is 0 Å². The molecule has 104 valence electrons. The first-order valence-electron chi connectivity index (χ1n) is 6.22. The molecule has 2 fully saturated rings. The summed E-state index contributed by atoms with van der Waals surface area (Å²) in [7, 11) is 0. The Morgan fingerprint density at radius 2 is 1.83 bits per heavy atom. The van der Waals surface area contributed by atoms with Crippen LogP contribution in [0, 0.1) is 0 Å². The van der Waals surface area contributed by atoms with E-state index in [0.717, 1.165) is 0 Å². The molecule has 5 heteroatoms. The van der Waals surface area contributed by atoms with Gasteiger partial charge in [0.25, 0.3) is 0 Å². The Balaban J connectivity index is 2.05. The van der Waals surface area contributed by atoms with Crippen LogP contribution in [0.25, 0.3) is 0 Å². The number of hydrogen-bond donors (Lipinski definition) is 1. The lowest BCUT2D eigenvalue weighted by molar-refractivity contribution is -0.178. The SMILES string of the molecule is C=CC1OC(C)(C)OC1C(O)C1COC(C)(C)O1. The fraction of sp³-hybridized carbons (Fsp3) is 0.846. The fourth-order valence-electron chi connectivity index (χ4n) is 2.36. The largest absolute Gasteiger partial charge is 0.387 e. The molecule has 4 atom stereocenters. The van der Waals surface area contributed by atoms with Crippen molar-refractivity contribution in [1.82, 2.24) is 0 Å². The predicted octanol–water partition coefficient (Wildman–Crippen LogP) is 1.20. The van der Waals surface area contributed by atoms with Crippen molar-refractivity contribution < 1.29 is 24.1 Å². The van der Waals surface area contributed by atoms with Gasteiger partial charge in [0.2, 0.25) is 0 Å². The molecule has 1 N–H and O–H groups in total. The van der Waals surface area contributed by atoms with E-state index < -0.39 is 29.9 Å². The first-order chi connectivity index (χ1) is 8.24. The van der Waals surface area contributed by atoms with Crippen molar-refractivity contribution in [1.29, 1.82) is 0 Å². The first-order valence-corrected chi connectivity index (χ1v) is 6.22. The van der Waals surface area contributed by atoms with E-state index in [1.807, 2.05) is 27.7 Å². The van der Waals surface area contributed by atoms with Crippen molar-refractivity contribution in [2.75, 3.05) is 6.61 Å². The van der Waals surface area contributed by atoms with Crippen LogP contribution in [0.3, 0.4) is 0 Å². The maximum atomic E-state index is 10.4. The lowest BCUT2D eigenvalue weighted by atomic mass is 10.0. The molecule has 0 bridgehead atoms. The zero-order chi connectivity index (χ0) is 13.6. The highest BCUT2D eigenvalue weighted by atomic mass is 16.8. The van der Waals surface area contributed by atoms with Crippen LogP contribution in [-0.2, 0) is 18.9 Å². The highest BCUT2D eigenvalue weighted by Crippen LogP contribution is 2.34. The fourth-order valence-corrected chi connectivity index (χ4v) is 2.36. The topological polar surface area (TPSA) is 57.2 Å². The van der Waals surface area contributed by atoms with Gasteiger partial charge < -0.3 is 24.1 Å². The van der Waals surface area contributed by atoms with Crippen LogP contribution in [-0.4, -0.2) is 47.7 Å². The molecule has 0 radical (unpaired) electrons. The van der Waals surface area contributed by atoms with E-state index in [0.29, 0.717) is 6.61 Å². The molecule has 4 unspecified atom stereocenters. The average Bonchev–Trinajstić information content (AvgIpc) is 2.77. The van der Waals surface area contributed by atoms with Gasteiger partial charge in [-0.2, -0.15) is 0 Å². The zero-order valence-electron chi connectivity index (χ0n) is 11.4. The minimum Gasteiger partial charge on any atom is -0.387 e. The maximum absolute atomic E-state index is 10.4. The van der Waals surface area contributed by atoms with E-state index in [9.17, 15) is 5.11 Å². The van der Waals surface area contributed by atoms with E-state index in [1.54, 1.807) is 6.08 Å². The maximum Gasteiger partial charge on any atom is 0.164 e. The lowest BCUT2D eigenvalue weighted by Gasteiger charge is -2.26. The van der Waals surface area contributed by atoms with Crippen LogP contribution < -0.4 is 0 Å². The number of aliphatic hydroxyl groups excluding tert-OH is 1. The first kappa shape index (κ1) is 14.0. The van der Waals surface area contributed by atoms with Crippen molar-refractivity contribution >= 4 is 0 Å². The number of aliphatic hydroxyl groups is 1. The summed E-state index contributed by atoms with van der Waals surface area (Å²) in [5.74, 6) is -1.39. The van der Waals surface area contributed by atoms with E-state index in [2.05, 4.69) is 6.58 Å². The molecule has 0 aromatic carbocycles. The number of hydrogen-bond acceptors (Lipinski definition) is 5. The molecule has 0 saturated carbocycles. The highest BCUT2D eigenvalue weighted by molar-refractivity contribution is 4.99. The summed E-state index contributed by atoms with van der Waals surface area (Å²) in [6, 6.07) is 0. The van der Waals surface area contributed by atoms with Crippen LogP contribution >= 0.6 is 0 Å². The smallest absolute Gasteiger partial charge is 0.164 e. The quantitative estimate of drug-likeness (QED) is 0.771. The normalized spacial score (nSPS) is 39.7. The third-order valence-corrected chi connectivity index (χ3v) is 3.14. The van der Waals surface area contributed by atoms with Crippen LogP contribution in [0.5, 0.6) is 0 Å². The van der Waals surface area contributed by atoms with Crippen molar-refractivity contribution in [3.63, 3.8) is 0 Å². The Morgan fingerprint density at radius 1 is 1.17 bits per heavy atom. The minimum absolute atomic E-state index is 0.345. The third-order valence-electron chi connectivity index (χ3n) is 3.14. The van der Waals surface area contributed by atoms with Crippen LogP contribution in [0.2, 0.25) is 0 Å². The molecule has 0 amide bonds. The molecule has 0 aromatic rings. The second kappa shape index (κ2) is 4.58. The molecule has 0 aromatic heterocycles. The molecule has 2 aliphatic rings. The van der Waals surface area contributed by atoms with Gasteiger partial charge in [0.1, 0.15) is 24.4 Å². The van der Waals surface area contributed by atoms with Gasteiger partial charge in [-0.05, 0) is 27.7 Å². The molecule has 0 aliphatic carbocycles. The van der Waals surface area contributed by atoms with Gasteiger partial charge in [-0.25, -0.2) is 0 Å². The standard InChI is InChI=1S/C13H22O5/c1-6-8-11(18-13(4,5)16-8)10(14)9-7-15-12(2,3)17-9/h6,8-11,14H,1,7H2,2-5H3. The summed E-state index contributed by atoms with van der Waals surface area (Å²) in [5, 5.41) is 10.4. The third kappa shape index (κ3) is 2.75. The van der Waals surface area contributed by atoms with Gasteiger partial charge in [0.15, 0.2) is 11.6 Å². The Morgan fingerprint density at radius 3 is 2.33 bits per heavy atom. The van der Waals surface area contributed by atoms with E-state index >= 15 is 0 Å². The Bertz CT molecular complexity index is 325. The summed E-state index contributed by atoms with van der Waals surface area (Å²) >= 11 is 0. The van der Waals surface area contributed by atoms with Gasteiger partial charge >= 0.3 is 0 Å². The molecule has 5 nitrogen and oxygen atoms in total. The summed E-state index contributed by atoms with van der Waals surface area (Å²) in [6.45, 7) is 11.3. The molecule has 18 heavy (non-hydrogen) atoms. The summed E-state index contributed by atoms with van der Waals surface area (Å²) in [4.78, 5) is 0. The Hall–Kier alpha value is -0.460. The second-order valence-corrected chi connectivity index (χ2v) is 5.66. The molecule has 2 saturated heterocycles. The van der Waals surface area contributed by atoms with Crippen molar-refractivity contribution in [2.24, 2.45) is 0 Å². The molecular formula is C13H22O5. The van der Waals surface area contributed by atoms with Gasteiger partial charge in [-0.1, -0.05) is 6.08 Å². The van der Waals surface area contributed by atoms with Crippen molar-refractivity contribution in [3.05, 3.63) is 12.7 Å². The van der Waals surface area contributed by atoms with E-state index in [-0.39, 0.29) is 6.10 Å². The molecular weight excluding hydrogens is 236 g/mol. The van der Waals surface area contributed by atoms with Crippen LogP contribution in [0.4, 0.5) is 0 Å². The predicted molar refractivity (Wildman–Crippen MR) is 64.9 cm³/mol. The van der Waals surface area contributed by atoms with Crippen molar-refractivity contribution in [2.45, 2.75) is 63.7 Å². The monoisotopic (exact) mass is 258 g/mol. The highest BCUT2D eigenvalue weighted by Gasteiger charge is 2.48. The van der Waals surface area contributed by atoms with Gasteiger partial charge in [0, 0.05) is 0 Å². The Kier molecular flexibility index (Phi) is 3.55. The minimum atomic E-state index is -0.809. The summed E-state index contributed by atoms with van der Waals surface area (Å²) < 4.78 is 22.5. The van der Waals surface area contributed by atoms with E-state index in [4.69, 9.17) is 18.9 Å². The van der Waals surface area contributed by atoms with Crippen LogP contribution in [0.1, 0.15) is 27.7 Å².